The van der Waals surface area contributed by atoms with Crippen LogP contribution in [0.4, 0.5) is 0 Å². The molecule has 1 fully saturated rings. The molecule has 1 saturated carbocycles. The van der Waals surface area contributed by atoms with E-state index in [1.807, 2.05) is 6.92 Å². The van der Waals surface area contributed by atoms with E-state index < -0.39 is 12.1 Å². The van der Waals surface area contributed by atoms with Crippen LogP contribution in [0.25, 0.3) is 0 Å². The Kier molecular flexibility index (Phi) is 6.52. The Bertz CT molecular complexity index is 225. The summed E-state index contributed by atoms with van der Waals surface area (Å²) in [5.41, 5.74) is 0. The van der Waals surface area contributed by atoms with Gasteiger partial charge in [0.2, 0.25) is 0 Å². The molecule has 0 aliphatic heterocycles. The lowest BCUT2D eigenvalue weighted by Crippen LogP contribution is -2.38. The average molecular weight is 243 g/mol. The van der Waals surface area contributed by atoms with Crippen LogP contribution >= 0.6 is 0 Å². The van der Waals surface area contributed by atoms with Gasteiger partial charge in [-0.25, -0.2) is 4.79 Å². The third-order valence-electron chi connectivity index (χ3n) is 3.36. The quantitative estimate of drug-likeness (QED) is 0.719. The summed E-state index contributed by atoms with van der Waals surface area (Å²) in [5, 5.41) is 12.4. The second-order valence-corrected chi connectivity index (χ2v) is 4.80. The van der Waals surface area contributed by atoms with Gasteiger partial charge in [-0.2, -0.15) is 0 Å². The number of rotatable bonds is 7. The normalized spacial score (nSPS) is 26.7. The highest BCUT2D eigenvalue weighted by Gasteiger charge is 2.25. The Morgan fingerprint density at radius 2 is 2.00 bits per heavy atom. The lowest BCUT2D eigenvalue weighted by atomic mass is 9.92. The maximum atomic E-state index is 10.9. The molecule has 0 aromatic rings. The van der Waals surface area contributed by atoms with Gasteiger partial charge in [-0.3, -0.25) is 0 Å². The summed E-state index contributed by atoms with van der Waals surface area (Å²) in [5.74, 6) is -0.835. The Labute approximate surface area is 104 Å². The van der Waals surface area contributed by atoms with Gasteiger partial charge in [0.25, 0.3) is 0 Å². The van der Waals surface area contributed by atoms with E-state index in [0.29, 0.717) is 12.5 Å². The molecule has 4 nitrogen and oxygen atoms in total. The summed E-state index contributed by atoms with van der Waals surface area (Å²) in [7, 11) is 0. The number of nitrogens with one attached hydrogen (secondary N) is 1. The molecule has 2 N–H and O–H groups in total. The van der Waals surface area contributed by atoms with Crippen molar-refractivity contribution in [1.82, 2.24) is 5.32 Å². The summed E-state index contributed by atoms with van der Waals surface area (Å²) < 4.78 is 5.63. The first-order valence-corrected chi connectivity index (χ1v) is 6.79. The predicted molar refractivity (Wildman–Crippen MR) is 67.1 cm³/mol. The molecule has 0 aromatic carbocycles. The zero-order chi connectivity index (χ0) is 12.7. The molecule has 100 valence electrons. The van der Waals surface area contributed by atoms with Crippen LogP contribution in [0.2, 0.25) is 0 Å². The van der Waals surface area contributed by atoms with Gasteiger partial charge in [0.05, 0.1) is 6.10 Å². The molecule has 17 heavy (non-hydrogen) atoms. The predicted octanol–water partition coefficient (Wildman–Crippen LogP) is 2.18. The van der Waals surface area contributed by atoms with Crippen LogP contribution in [0.1, 0.15) is 52.4 Å². The standard InChI is InChI=1S/C13H25NO3/c1-3-9-14-10-5-7-11(8-6-10)17-12(4-2)13(15)16/h10-12,14H,3-9H2,1-2H3,(H,15,16). The minimum atomic E-state index is -0.835. The van der Waals surface area contributed by atoms with E-state index >= 15 is 0 Å². The van der Waals surface area contributed by atoms with Gasteiger partial charge < -0.3 is 15.2 Å². The molecule has 1 rings (SSSR count). The molecular weight excluding hydrogens is 218 g/mol. The first-order valence-electron chi connectivity index (χ1n) is 6.79. The summed E-state index contributed by atoms with van der Waals surface area (Å²) >= 11 is 0. The zero-order valence-electron chi connectivity index (χ0n) is 10.9. The van der Waals surface area contributed by atoms with Crippen LogP contribution in [0, 0.1) is 0 Å². The molecule has 1 aliphatic rings. The number of carbonyl (C=O) groups is 1. The first-order chi connectivity index (χ1) is 8.17. The molecule has 1 aliphatic carbocycles. The molecular formula is C13H25NO3. The molecule has 0 spiro atoms. The lowest BCUT2D eigenvalue weighted by molar-refractivity contribution is -0.155. The lowest BCUT2D eigenvalue weighted by Gasteiger charge is -2.30. The summed E-state index contributed by atoms with van der Waals surface area (Å²) in [6, 6.07) is 0.597. The highest BCUT2D eigenvalue weighted by Crippen LogP contribution is 2.23. The van der Waals surface area contributed by atoms with Crippen molar-refractivity contribution in [2.24, 2.45) is 0 Å². The van der Waals surface area contributed by atoms with E-state index in [-0.39, 0.29) is 6.10 Å². The van der Waals surface area contributed by atoms with Gasteiger partial charge in [-0.05, 0) is 45.1 Å². The Balaban J connectivity index is 2.24. The fourth-order valence-electron chi connectivity index (χ4n) is 2.31. The summed E-state index contributed by atoms with van der Waals surface area (Å²) in [4.78, 5) is 10.9. The minimum Gasteiger partial charge on any atom is -0.479 e. The van der Waals surface area contributed by atoms with Gasteiger partial charge in [0.1, 0.15) is 0 Å². The van der Waals surface area contributed by atoms with Crippen LogP contribution < -0.4 is 5.32 Å². The molecule has 1 atom stereocenters. The molecule has 0 radical (unpaired) electrons. The van der Waals surface area contributed by atoms with Gasteiger partial charge >= 0.3 is 5.97 Å². The highest BCUT2D eigenvalue weighted by molar-refractivity contribution is 5.72. The zero-order valence-corrected chi connectivity index (χ0v) is 10.9. The van der Waals surface area contributed by atoms with Gasteiger partial charge in [-0.15, -0.1) is 0 Å². The van der Waals surface area contributed by atoms with E-state index in [1.54, 1.807) is 0 Å². The van der Waals surface area contributed by atoms with E-state index in [2.05, 4.69) is 12.2 Å². The molecule has 0 saturated heterocycles. The van der Waals surface area contributed by atoms with Gasteiger partial charge in [0, 0.05) is 6.04 Å². The highest BCUT2D eigenvalue weighted by atomic mass is 16.5. The maximum absolute atomic E-state index is 10.9. The molecule has 1 unspecified atom stereocenters. The van der Waals surface area contributed by atoms with Crippen molar-refractivity contribution in [3.63, 3.8) is 0 Å². The van der Waals surface area contributed by atoms with Crippen LogP contribution in [0.5, 0.6) is 0 Å². The number of carboxylic acid groups (broad SMARTS) is 1. The third kappa shape index (κ3) is 5.04. The summed E-state index contributed by atoms with van der Waals surface area (Å²) in [6.07, 6.45) is 5.37. The van der Waals surface area contributed by atoms with Crippen LogP contribution in [0.3, 0.4) is 0 Å². The van der Waals surface area contributed by atoms with Crippen molar-refractivity contribution in [2.75, 3.05) is 6.54 Å². The number of carboxylic acids is 1. The first kappa shape index (κ1) is 14.5. The van der Waals surface area contributed by atoms with Crippen molar-refractivity contribution in [3.05, 3.63) is 0 Å². The Morgan fingerprint density at radius 3 is 2.47 bits per heavy atom. The number of hydrogen-bond acceptors (Lipinski definition) is 3. The Hall–Kier alpha value is -0.610. The van der Waals surface area contributed by atoms with Crippen LogP contribution in [-0.4, -0.2) is 35.9 Å². The summed E-state index contributed by atoms with van der Waals surface area (Å²) in [6.45, 7) is 5.09. The SMILES string of the molecule is CCCNC1CCC(OC(CC)C(=O)O)CC1. The van der Waals surface area contributed by atoms with Crippen molar-refractivity contribution >= 4 is 5.97 Å². The van der Waals surface area contributed by atoms with E-state index in [4.69, 9.17) is 9.84 Å². The smallest absolute Gasteiger partial charge is 0.332 e. The van der Waals surface area contributed by atoms with Crippen LogP contribution in [-0.2, 0) is 9.53 Å². The number of ether oxygens (including phenoxy) is 1. The van der Waals surface area contributed by atoms with E-state index in [0.717, 1.165) is 38.6 Å². The molecule has 0 aromatic heterocycles. The van der Waals surface area contributed by atoms with Crippen molar-refractivity contribution in [2.45, 2.75) is 70.6 Å². The Morgan fingerprint density at radius 1 is 1.35 bits per heavy atom. The van der Waals surface area contributed by atoms with Crippen molar-refractivity contribution in [3.8, 4) is 0 Å². The topological polar surface area (TPSA) is 58.6 Å². The monoisotopic (exact) mass is 243 g/mol. The second-order valence-electron chi connectivity index (χ2n) is 4.80. The average Bonchev–Trinajstić information content (AvgIpc) is 2.34. The van der Waals surface area contributed by atoms with Crippen molar-refractivity contribution < 1.29 is 14.6 Å². The number of hydrogen-bond donors (Lipinski definition) is 2. The third-order valence-corrected chi connectivity index (χ3v) is 3.36. The molecule has 0 bridgehead atoms. The van der Waals surface area contributed by atoms with Crippen molar-refractivity contribution in [1.29, 1.82) is 0 Å². The molecule has 0 amide bonds. The molecule has 4 heteroatoms. The largest absolute Gasteiger partial charge is 0.479 e. The minimum absolute atomic E-state index is 0.135. The van der Waals surface area contributed by atoms with E-state index in [9.17, 15) is 4.79 Å². The van der Waals surface area contributed by atoms with E-state index in [1.165, 1.54) is 0 Å². The maximum Gasteiger partial charge on any atom is 0.332 e. The van der Waals surface area contributed by atoms with Gasteiger partial charge in [-0.1, -0.05) is 13.8 Å². The fraction of sp³-hybridized carbons (Fsp3) is 0.923. The number of aliphatic carboxylic acids is 1. The second kappa shape index (κ2) is 7.67. The molecule has 0 heterocycles. The van der Waals surface area contributed by atoms with Gasteiger partial charge in [0.15, 0.2) is 6.10 Å². The van der Waals surface area contributed by atoms with Crippen LogP contribution in [0.15, 0.2) is 0 Å². The fourth-order valence-corrected chi connectivity index (χ4v) is 2.31.